The SMILES string of the molecule is CC(C)Cc1ccc2c(c1)c1cc(CC(C)C)ccc1n2-c1ccc(-c2nnc3c4ccccc4c4ccccc4n23)cc1. The molecule has 5 aromatic carbocycles. The molecule has 3 heterocycles. The van der Waals surface area contributed by atoms with Gasteiger partial charge in [-0.15, -0.1) is 10.2 Å². The number of nitrogens with zero attached hydrogens (tertiary/aromatic N) is 4. The van der Waals surface area contributed by atoms with Crippen LogP contribution in [-0.2, 0) is 12.8 Å². The fourth-order valence-corrected chi connectivity index (χ4v) is 7.04. The van der Waals surface area contributed by atoms with E-state index in [0.717, 1.165) is 46.5 Å². The van der Waals surface area contributed by atoms with Crippen LogP contribution in [0.1, 0.15) is 38.8 Å². The minimum atomic E-state index is 0.619. The number of para-hydroxylation sites is 1. The van der Waals surface area contributed by atoms with Crippen molar-refractivity contribution < 1.29 is 0 Å². The van der Waals surface area contributed by atoms with Gasteiger partial charge < -0.3 is 4.57 Å². The average molecular weight is 573 g/mol. The first-order valence-corrected chi connectivity index (χ1v) is 15.8. The van der Waals surface area contributed by atoms with Crippen molar-refractivity contribution in [2.45, 2.75) is 40.5 Å². The van der Waals surface area contributed by atoms with Crippen molar-refractivity contribution in [3.05, 3.63) is 120 Å². The summed E-state index contributed by atoms with van der Waals surface area (Å²) >= 11 is 0. The van der Waals surface area contributed by atoms with Gasteiger partial charge in [0.15, 0.2) is 11.5 Å². The molecule has 216 valence electrons. The van der Waals surface area contributed by atoms with Crippen molar-refractivity contribution in [2.75, 3.05) is 0 Å². The van der Waals surface area contributed by atoms with Crippen LogP contribution in [0.15, 0.2) is 109 Å². The second-order valence-corrected chi connectivity index (χ2v) is 13.0. The van der Waals surface area contributed by atoms with Crippen LogP contribution < -0.4 is 0 Å². The van der Waals surface area contributed by atoms with Gasteiger partial charge >= 0.3 is 0 Å². The van der Waals surface area contributed by atoms with Gasteiger partial charge in [0, 0.05) is 32.8 Å². The van der Waals surface area contributed by atoms with Crippen LogP contribution in [-0.4, -0.2) is 19.2 Å². The van der Waals surface area contributed by atoms with Crippen molar-refractivity contribution in [2.24, 2.45) is 11.8 Å². The van der Waals surface area contributed by atoms with Crippen LogP contribution in [0.3, 0.4) is 0 Å². The highest BCUT2D eigenvalue weighted by molar-refractivity contribution is 6.12. The molecule has 4 heteroatoms. The fraction of sp³-hybridized carbons (Fsp3) is 0.200. The third kappa shape index (κ3) is 4.28. The van der Waals surface area contributed by atoms with Crippen LogP contribution in [0.25, 0.3) is 66.2 Å². The molecule has 0 aliphatic rings. The molecule has 0 saturated carbocycles. The van der Waals surface area contributed by atoms with Gasteiger partial charge in [-0.3, -0.25) is 4.40 Å². The first-order valence-electron chi connectivity index (χ1n) is 15.8. The smallest absolute Gasteiger partial charge is 0.169 e. The highest BCUT2D eigenvalue weighted by Crippen LogP contribution is 2.36. The third-order valence-electron chi connectivity index (χ3n) is 8.83. The first-order chi connectivity index (χ1) is 21.5. The van der Waals surface area contributed by atoms with Crippen molar-refractivity contribution in [1.82, 2.24) is 19.2 Å². The number of hydrogen-bond acceptors (Lipinski definition) is 2. The molecule has 0 saturated heterocycles. The lowest BCUT2D eigenvalue weighted by Gasteiger charge is -2.11. The van der Waals surface area contributed by atoms with Gasteiger partial charge in [-0.2, -0.15) is 0 Å². The van der Waals surface area contributed by atoms with E-state index in [1.165, 1.54) is 43.7 Å². The summed E-state index contributed by atoms with van der Waals surface area (Å²) < 4.78 is 4.62. The predicted molar refractivity (Wildman–Crippen MR) is 185 cm³/mol. The summed E-state index contributed by atoms with van der Waals surface area (Å²) in [5.74, 6) is 2.09. The fourth-order valence-electron chi connectivity index (χ4n) is 7.04. The van der Waals surface area contributed by atoms with E-state index in [1.54, 1.807) is 0 Å². The molecule has 8 rings (SSSR count). The standard InChI is InChI=1S/C40H36N4/c1-25(2)21-27-13-19-37-34(23-27)35-24-28(22-26(3)4)14-20-38(35)43(37)30-17-15-29(16-18-30)39-41-42-40-33-11-6-5-9-31(33)32-10-7-8-12-36(32)44(39)40/h5-20,23-26H,21-22H2,1-4H3. The molecule has 0 aliphatic carbocycles. The average Bonchev–Trinajstić information content (AvgIpc) is 3.61. The van der Waals surface area contributed by atoms with E-state index in [2.05, 4.69) is 146 Å². The van der Waals surface area contributed by atoms with Crippen molar-refractivity contribution in [3.8, 4) is 17.1 Å². The summed E-state index contributed by atoms with van der Waals surface area (Å²) in [5.41, 5.74) is 9.47. The van der Waals surface area contributed by atoms with Crippen LogP contribution in [0.4, 0.5) is 0 Å². The Kier molecular flexibility index (Phi) is 6.26. The molecule has 0 spiro atoms. The zero-order chi connectivity index (χ0) is 29.9. The lowest BCUT2D eigenvalue weighted by atomic mass is 9.99. The first kappa shape index (κ1) is 26.7. The summed E-state index contributed by atoms with van der Waals surface area (Å²) in [5, 5.41) is 15.6. The second kappa shape index (κ2) is 10.3. The molecule has 0 atom stereocenters. The zero-order valence-corrected chi connectivity index (χ0v) is 25.8. The van der Waals surface area contributed by atoms with Gasteiger partial charge in [0.1, 0.15) is 0 Å². The summed E-state index contributed by atoms with van der Waals surface area (Å²) in [4.78, 5) is 0. The molecule has 4 nitrogen and oxygen atoms in total. The molecule has 0 radical (unpaired) electrons. The minimum absolute atomic E-state index is 0.619. The van der Waals surface area contributed by atoms with E-state index >= 15 is 0 Å². The number of fused-ring (bicyclic) bond motifs is 9. The van der Waals surface area contributed by atoms with Gasteiger partial charge in [-0.05, 0) is 95.8 Å². The monoisotopic (exact) mass is 572 g/mol. The van der Waals surface area contributed by atoms with Gasteiger partial charge in [0.05, 0.1) is 16.6 Å². The number of benzene rings is 5. The Morgan fingerprint density at radius 2 is 1.09 bits per heavy atom. The zero-order valence-electron chi connectivity index (χ0n) is 25.8. The van der Waals surface area contributed by atoms with Crippen molar-refractivity contribution in [1.29, 1.82) is 0 Å². The Hall–Kier alpha value is -4.96. The van der Waals surface area contributed by atoms with Gasteiger partial charge in [-0.1, -0.05) is 82.3 Å². The molecule has 0 bridgehead atoms. The van der Waals surface area contributed by atoms with E-state index < -0.39 is 0 Å². The number of rotatable bonds is 6. The Labute approximate surface area is 257 Å². The Balaban J connectivity index is 1.30. The lowest BCUT2D eigenvalue weighted by molar-refractivity contribution is 0.647. The number of pyridine rings is 1. The summed E-state index contributed by atoms with van der Waals surface area (Å²) in [7, 11) is 0. The Morgan fingerprint density at radius 1 is 0.523 bits per heavy atom. The minimum Gasteiger partial charge on any atom is -0.309 e. The topological polar surface area (TPSA) is 35.1 Å². The molecule has 3 aromatic heterocycles. The van der Waals surface area contributed by atoms with E-state index in [9.17, 15) is 0 Å². The maximum atomic E-state index is 4.73. The maximum absolute atomic E-state index is 4.73. The normalized spacial score (nSPS) is 12.2. The molecule has 0 amide bonds. The number of aromatic nitrogens is 4. The molecular weight excluding hydrogens is 536 g/mol. The van der Waals surface area contributed by atoms with Crippen molar-refractivity contribution >= 4 is 49.1 Å². The number of hydrogen-bond donors (Lipinski definition) is 0. The molecular formula is C40H36N4. The van der Waals surface area contributed by atoms with Crippen LogP contribution in [0.5, 0.6) is 0 Å². The molecule has 0 N–H and O–H groups in total. The Bertz CT molecular complexity index is 2270. The van der Waals surface area contributed by atoms with E-state index in [1.807, 2.05) is 0 Å². The molecule has 0 aliphatic heterocycles. The molecule has 0 fully saturated rings. The molecule has 0 unspecified atom stereocenters. The van der Waals surface area contributed by atoms with Crippen molar-refractivity contribution in [3.63, 3.8) is 0 Å². The second-order valence-electron chi connectivity index (χ2n) is 13.0. The summed E-state index contributed by atoms with van der Waals surface area (Å²) in [6.45, 7) is 9.17. The van der Waals surface area contributed by atoms with Crippen LogP contribution in [0.2, 0.25) is 0 Å². The highest BCUT2D eigenvalue weighted by Gasteiger charge is 2.17. The maximum Gasteiger partial charge on any atom is 0.169 e. The van der Waals surface area contributed by atoms with E-state index in [0.29, 0.717) is 11.8 Å². The van der Waals surface area contributed by atoms with Gasteiger partial charge in [0.2, 0.25) is 0 Å². The molecule has 44 heavy (non-hydrogen) atoms. The van der Waals surface area contributed by atoms with Crippen LogP contribution >= 0.6 is 0 Å². The predicted octanol–water partition coefficient (Wildman–Crippen LogP) is 10.2. The van der Waals surface area contributed by atoms with Gasteiger partial charge in [0.25, 0.3) is 0 Å². The van der Waals surface area contributed by atoms with E-state index in [-0.39, 0.29) is 0 Å². The largest absolute Gasteiger partial charge is 0.309 e. The van der Waals surface area contributed by atoms with E-state index in [4.69, 9.17) is 10.2 Å². The van der Waals surface area contributed by atoms with Crippen LogP contribution in [0, 0.1) is 11.8 Å². The summed E-state index contributed by atoms with van der Waals surface area (Å²) in [6.07, 6.45) is 2.17. The lowest BCUT2D eigenvalue weighted by Crippen LogP contribution is -1.97. The Morgan fingerprint density at radius 3 is 1.70 bits per heavy atom. The molecule has 8 aromatic rings. The van der Waals surface area contributed by atoms with Gasteiger partial charge in [-0.25, -0.2) is 0 Å². The quantitative estimate of drug-likeness (QED) is 0.186. The summed E-state index contributed by atoms with van der Waals surface area (Å²) in [6, 6.07) is 39.9. The third-order valence-corrected chi connectivity index (χ3v) is 8.83. The highest BCUT2D eigenvalue weighted by atomic mass is 15.2.